The van der Waals surface area contributed by atoms with Gasteiger partial charge >= 0.3 is 0 Å². The monoisotopic (exact) mass is 313 g/mol. The average molecular weight is 313 g/mol. The van der Waals surface area contributed by atoms with Crippen LogP contribution in [0.15, 0.2) is 47.7 Å². The number of imidazole rings is 1. The highest BCUT2D eigenvalue weighted by Gasteiger charge is 2.04. The fourth-order valence-electron chi connectivity index (χ4n) is 2.21. The molecule has 1 aromatic carbocycles. The molecule has 0 spiro atoms. The van der Waals surface area contributed by atoms with E-state index >= 15 is 0 Å². The van der Waals surface area contributed by atoms with Crippen molar-refractivity contribution in [1.29, 1.82) is 0 Å². The predicted molar refractivity (Wildman–Crippen MR) is 95.4 cm³/mol. The third-order valence-electron chi connectivity index (χ3n) is 3.40. The Balaban J connectivity index is 2.01. The van der Waals surface area contributed by atoms with Crippen molar-refractivity contribution in [3.8, 4) is 0 Å². The van der Waals surface area contributed by atoms with Crippen molar-refractivity contribution < 1.29 is 0 Å². The van der Waals surface area contributed by atoms with Crippen LogP contribution in [0.1, 0.15) is 32.2 Å². The maximum absolute atomic E-state index is 4.64. The topological polar surface area (TPSA) is 54.2 Å². The van der Waals surface area contributed by atoms with Gasteiger partial charge in [0.25, 0.3) is 0 Å². The Morgan fingerprint density at radius 2 is 2.00 bits per heavy atom. The lowest BCUT2D eigenvalue weighted by atomic mass is 10.2. The van der Waals surface area contributed by atoms with Gasteiger partial charge in [0.2, 0.25) is 0 Å². The van der Waals surface area contributed by atoms with E-state index in [4.69, 9.17) is 0 Å². The number of nitrogens with zero attached hydrogens (tertiary/aromatic N) is 3. The van der Waals surface area contributed by atoms with E-state index in [-0.39, 0.29) is 0 Å². The molecular formula is C18H27N5. The standard InChI is InChI=1S/C18H27N5/c1-4-19-18(21-12-15(2)3)22-13-17-20-10-11-23(17)14-16-8-6-5-7-9-16/h5-11,15H,4,12-14H2,1-3H3,(H2,19,21,22). The number of aliphatic imine (C=N–C) groups is 1. The van der Waals surface area contributed by atoms with Gasteiger partial charge in [0.1, 0.15) is 12.4 Å². The molecule has 0 saturated carbocycles. The quantitative estimate of drug-likeness (QED) is 0.610. The van der Waals surface area contributed by atoms with Crippen LogP contribution in [-0.4, -0.2) is 28.6 Å². The molecule has 0 aliphatic carbocycles. The van der Waals surface area contributed by atoms with Crippen molar-refractivity contribution in [2.24, 2.45) is 10.9 Å². The van der Waals surface area contributed by atoms with Gasteiger partial charge in [0.05, 0.1) is 0 Å². The maximum Gasteiger partial charge on any atom is 0.191 e. The number of nitrogens with one attached hydrogen (secondary N) is 2. The maximum atomic E-state index is 4.64. The molecule has 0 fully saturated rings. The number of hydrogen-bond donors (Lipinski definition) is 2. The van der Waals surface area contributed by atoms with Gasteiger partial charge in [-0.25, -0.2) is 9.98 Å². The fourth-order valence-corrected chi connectivity index (χ4v) is 2.21. The van der Waals surface area contributed by atoms with Crippen molar-refractivity contribution in [3.63, 3.8) is 0 Å². The number of aromatic nitrogens is 2. The summed E-state index contributed by atoms with van der Waals surface area (Å²) in [5, 5.41) is 6.62. The molecule has 5 nitrogen and oxygen atoms in total. The first-order valence-electron chi connectivity index (χ1n) is 8.25. The predicted octanol–water partition coefficient (Wildman–Crippen LogP) is 2.64. The van der Waals surface area contributed by atoms with Crippen molar-refractivity contribution in [2.45, 2.75) is 33.9 Å². The first-order valence-corrected chi connectivity index (χ1v) is 8.25. The molecule has 1 aromatic heterocycles. The summed E-state index contributed by atoms with van der Waals surface area (Å²) in [6.07, 6.45) is 3.84. The molecule has 23 heavy (non-hydrogen) atoms. The largest absolute Gasteiger partial charge is 0.357 e. The molecule has 0 aliphatic heterocycles. The second kappa shape index (κ2) is 8.98. The highest BCUT2D eigenvalue weighted by atomic mass is 15.2. The van der Waals surface area contributed by atoms with E-state index in [2.05, 4.69) is 70.2 Å². The van der Waals surface area contributed by atoms with Crippen LogP contribution < -0.4 is 10.6 Å². The summed E-state index contributed by atoms with van der Waals surface area (Å²) in [5.74, 6) is 2.39. The molecule has 2 rings (SSSR count). The first kappa shape index (κ1) is 17.1. The summed E-state index contributed by atoms with van der Waals surface area (Å²) >= 11 is 0. The molecule has 124 valence electrons. The zero-order valence-electron chi connectivity index (χ0n) is 14.3. The Bertz CT molecular complexity index is 601. The molecule has 5 heteroatoms. The normalized spacial score (nSPS) is 11.7. The molecule has 0 saturated heterocycles. The van der Waals surface area contributed by atoms with Gasteiger partial charge in [0, 0.05) is 32.0 Å². The number of rotatable bonds is 7. The Morgan fingerprint density at radius 1 is 1.22 bits per heavy atom. The molecule has 0 atom stereocenters. The first-order chi connectivity index (χ1) is 11.2. The SMILES string of the molecule is CCNC(=NCc1nccn1Cc1ccccc1)NCC(C)C. The minimum atomic E-state index is 0.563. The van der Waals surface area contributed by atoms with Crippen molar-refractivity contribution in [3.05, 3.63) is 54.1 Å². The van der Waals surface area contributed by atoms with Crippen LogP contribution in [0.2, 0.25) is 0 Å². The highest BCUT2D eigenvalue weighted by molar-refractivity contribution is 5.79. The van der Waals surface area contributed by atoms with Gasteiger partial charge in [-0.15, -0.1) is 0 Å². The molecule has 2 aromatic rings. The van der Waals surface area contributed by atoms with Crippen molar-refractivity contribution in [2.75, 3.05) is 13.1 Å². The minimum Gasteiger partial charge on any atom is -0.357 e. The summed E-state index contributed by atoms with van der Waals surface area (Å²) in [4.78, 5) is 9.08. The molecule has 0 radical (unpaired) electrons. The highest BCUT2D eigenvalue weighted by Crippen LogP contribution is 2.06. The number of benzene rings is 1. The summed E-state index contributed by atoms with van der Waals surface area (Å²) in [5.41, 5.74) is 1.26. The van der Waals surface area contributed by atoms with Gasteiger partial charge < -0.3 is 15.2 Å². The lowest BCUT2D eigenvalue weighted by Gasteiger charge is -2.13. The van der Waals surface area contributed by atoms with Crippen LogP contribution in [0.5, 0.6) is 0 Å². The molecule has 0 amide bonds. The summed E-state index contributed by atoms with van der Waals surface area (Å²) in [6, 6.07) is 10.4. The van der Waals surface area contributed by atoms with Gasteiger partial charge in [-0.2, -0.15) is 0 Å². The number of hydrogen-bond acceptors (Lipinski definition) is 2. The van der Waals surface area contributed by atoms with E-state index in [1.807, 2.05) is 18.5 Å². The summed E-state index contributed by atoms with van der Waals surface area (Å²) < 4.78 is 2.14. The Labute approximate surface area is 138 Å². The van der Waals surface area contributed by atoms with Gasteiger partial charge in [-0.3, -0.25) is 0 Å². The van der Waals surface area contributed by atoms with Gasteiger partial charge in [0.15, 0.2) is 5.96 Å². The van der Waals surface area contributed by atoms with E-state index < -0.39 is 0 Å². The zero-order chi connectivity index (χ0) is 16.5. The zero-order valence-corrected chi connectivity index (χ0v) is 14.3. The molecule has 0 unspecified atom stereocenters. The van der Waals surface area contributed by atoms with E-state index in [9.17, 15) is 0 Å². The molecule has 2 N–H and O–H groups in total. The van der Waals surface area contributed by atoms with E-state index in [1.165, 1.54) is 5.56 Å². The Kier molecular flexibility index (Phi) is 6.66. The third-order valence-corrected chi connectivity index (χ3v) is 3.40. The van der Waals surface area contributed by atoms with Crippen LogP contribution in [-0.2, 0) is 13.1 Å². The lowest BCUT2D eigenvalue weighted by molar-refractivity contribution is 0.613. The second-order valence-electron chi connectivity index (χ2n) is 5.93. The molecule has 0 aliphatic rings. The van der Waals surface area contributed by atoms with Crippen LogP contribution >= 0.6 is 0 Å². The lowest BCUT2D eigenvalue weighted by Crippen LogP contribution is -2.39. The van der Waals surface area contributed by atoms with Gasteiger partial charge in [-0.05, 0) is 18.4 Å². The van der Waals surface area contributed by atoms with Crippen LogP contribution in [0.4, 0.5) is 0 Å². The van der Waals surface area contributed by atoms with Crippen molar-refractivity contribution >= 4 is 5.96 Å². The van der Waals surface area contributed by atoms with E-state index in [1.54, 1.807) is 0 Å². The minimum absolute atomic E-state index is 0.563. The summed E-state index contributed by atoms with van der Waals surface area (Å²) in [7, 11) is 0. The van der Waals surface area contributed by atoms with Crippen LogP contribution in [0.3, 0.4) is 0 Å². The second-order valence-corrected chi connectivity index (χ2v) is 5.93. The summed E-state index contributed by atoms with van der Waals surface area (Å²) in [6.45, 7) is 9.58. The third kappa shape index (κ3) is 5.77. The smallest absolute Gasteiger partial charge is 0.191 e. The molecule has 0 bridgehead atoms. The van der Waals surface area contributed by atoms with Crippen LogP contribution in [0, 0.1) is 5.92 Å². The average Bonchev–Trinajstić information content (AvgIpc) is 2.98. The molecular weight excluding hydrogens is 286 g/mol. The fraction of sp³-hybridized carbons (Fsp3) is 0.444. The van der Waals surface area contributed by atoms with Gasteiger partial charge in [-0.1, -0.05) is 44.2 Å². The van der Waals surface area contributed by atoms with E-state index in [0.717, 1.165) is 31.4 Å². The van der Waals surface area contributed by atoms with Crippen LogP contribution in [0.25, 0.3) is 0 Å². The molecule has 1 heterocycles. The Hall–Kier alpha value is -2.30. The van der Waals surface area contributed by atoms with Crippen molar-refractivity contribution in [1.82, 2.24) is 20.2 Å². The number of guanidine groups is 1. The van der Waals surface area contributed by atoms with E-state index in [0.29, 0.717) is 12.5 Å². The Morgan fingerprint density at radius 3 is 2.70 bits per heavy atom.